The maximum atomic E-state index is 6.54. The van der Waals surface area contributed by atoms with E-state index in [1.54, 1.807) is 0 Å². The molecule has 92 valence electrons. The summed E-state index contributed by atoms with van der Waals surface area (Å²) in [6.07, 6.45) is 8.14. The molecule has 0 saturated heterocycles. The monoisotopic (exact) mass is 229 g/mol. The first-order valence-electron chi connectivity index (χ1n) is 7.03. The van der Waals surface area contributed by atoms with Crippen molar-refractivity contribution in [2.24, 2.45) is 11.7 Å². The van der Waals surface area contributed by atoms with E-state index in [-0.39, 0.29) is 5.54 Å². The number of rotatable bonds is 3. The van der Waals surface area contributed by atoms with E-state index in [0.29, 0.717) is 5.92 Å². The second-order valence-electron chi connectivity index (χ2n) is 6.26. The van der Waals surface area contributed by atoms with Gasteiger partial charge in [-0.3, -0.25) is 0 Å². The summed E-state index contributed by atoms with van der Waals surface area (Å²) < 4.78 is 0. The summed E-state index contributed by atoms with van der Waals surface area (Å²) in [7, 11) is 0. The quantitative estimate of drug-likeness (QED) is 0.839. The lowest BCUT2D eigenvalue weighted by Crippen LogP contribution is -2.27. The predicted octanol–water partition coefficient (Wildman–Crippen LogP) is 3.76. The minimum atomic E-state index is 0.129. The van der Waals surface area contributed by atoms with Crippen LogP contribution in [0.15, 0.2) is 24.3 Å². The molecule has 2 N–H and O–H groups in total. The molecule has 2 unspecified atom stereocenters. The minimum Gasteiger partial charge on any atom is -0.325 e. The number of benzene rings is 1. The summed E-state index contributed by atoms with van der Waals surface area (Å²) in [6.45, 7) is 2.14. The Kier molecular flexibility index (Phi) is 2.74. The van der Waals surface area contributed by atoms with Gasteiger partial charge in [0.2, 0.25) is 0 Å². The third kappa shape index (κ3) is 2.26. The van der Waals surface area contributed by atoms with Crippen molar-refractivity contribution in [3.05, 3.63) is 35.4 Å². The van der Waals surface area contributed by atoms with Gasteiger partial charge >= 0.3 is 0 Å². The smallest absolute Gasteiger partial charge is 0.0233 e. The predicted molar refractivity (Wildman–Crippen MR) is 72.0 cm³/mol. The molecule has 3 rings (SSSR count). The first kappa shape index (κ1) is 11.3. The van der Waals surface area contributed by atoms with Crippen LogP contribution >= 0.6 is 0 Å². The van der Waals surface area contributed by atoms with E-state index >= 15 is 0 Å². The first-order valence-corrected chi connectivity index (χ1v) is 7.03. The van der Waals surface area contributed by atoms with Crippen LogP contribution in [-0.2, 0) is 0 Å². The molecule has 1 heteroatoms. The van der Waals surface area contributed by atoms with Crippen molar-refractivity contribution in [2.45, 2.75) is 56.9 Å². The van der Waals surface area contributed by atoms with Crippen LogP contribution in [0.3, 0.4) is 0 Å². The maximum absolute atomic E-state index is 6.54. The van der Waals surface area contributed by atoms with Crippen molar-refractivity contribution in [3.8, 4) is 0 Å². The molecule has 1 aromatic carbocycles. The maximum Gasteiger partial charge on any atom is 0.0233 e. The van der Waals surface area contributed by atoms with Crippen LogP contribution < -0.4 is 5.73 Å². The fraction of sp³-hybridized carbons (Fsp3) is 0.625. The van der Waals surface area contributed by atoms with Crippen molar-refractivity contribution < 1.29 is 0 Å². The Labute approximate surface area is 104 Å². The zero-order chi connectivity index (χ0) is 11.9. The van der Waals surface area contributed by atoms with Crippen molar-refractivity contribution in [1.29, 1.82) is 0 Å². The number of aryl methyl sites for hydroxylation is 1. The molecule has 0 aliphatic heterocycles. The van der Waals surface area contributed by atoms with E-state index in [0.717, 1.165) is 5.92 Å². The van der Waals surface area contributed by atoms with Crippen molar-refractivity contribution in [2.75, 3.05) is 0 Å². The molecule has 2 fully saturated rings. The van der Waals surface area contributed by atoms with Crippen LogP contribution in [0.2, 0.25) is 0 Å². The van der Waals surface area contributed by atoms with Crippen LogP contribution in [-0.4, -0.2) is 5.54 Å². The van der Waals surface area contributed by atoms with Gasteiger partial charge in [-0.15, -0.1) is 0 Å². The third-order valence-electron chi connectivity index (χ3n) is 4.74. The summed E-state index contributed by atoms with van der Waals surface area (Å²) in [5.74, 6) is 1.54. The van der Waals surface area contributed by atoms with Crippen molar-refractivity contribution in [3.63, 3.8) is 0 Å². The van der Waals surface area contributed by atoms with E-state index in [1.165, 1.54) is 49.7 Å². The molecular weight excluding hydrogens is 206 g/mol. The highest BCUT2D eigenvalue weighted by molar-refractivity contribution is 5.34. The summed E-state index contributed by atoms with van der Waals surface area (Å²) >= 11 is 0. The Hall–Kier alpha value is -0.820. The molecule has 0 amide bonds. The molecule has 2 atom stereocenters. The highest BCUT2D eigenvalue weighted by Gasteiger charge is 2.52. The fourth-order valence-corrected chi connectivity index (χ4v) is 3.55. The van der Waals surface area contributed by atoms with Gasteiger partial charge in [0.25, 0.3) is 0 Å². The van der Waals surface area contributed by atoms with Gasteiger partial charge in [-0.2, -0.15) is 0 Å². The van der Waals surface area contributed by atoms with Crippen LogP contribution in [0, 0.1) is 12.8 Å². The van der Waals surface area contributed by atoms with Crippen LogP contribution in [0.4, 0.5) is 0 Å². The van der Waals surface area contributed by atoms with Gasteiger partial charge in [-0.05, 0) is 31.2 Å². The normalized spacial score (nSPS) is 32.9. The van der Waals surface area contributed by atoms with E-state index in [9.17, 15) is 0 Å². The second kappa shape index (κ2) is 4.13. The number of hydrogen-bond acceptors (Lipinski definition) is 1. The Morgan fingerprint density at radius 3 is 2.47 bits per heavy atom. The standard InChI is InChI=1S/C16H23N/c1-12-6-8-14(9-7-12)15-11-16(15,17)10-13-4-2-3-5-13/h6-9,13,15H,2-5,10-11,17H2,1H3. The number of hydrogen-bond donors (Lipinski definition) is 1. The molecule has 2 saturated carbocycles. The summed E-state index contributed by atoms with van der Waals surface area (Å²) in [5, 5.41) is 0. The molecule has 0 aromatic heterocycles. The van der Waals surface area contributed by atoms with Gasteiger partial charge < -0.3 is 5.73 Å². The van der Waals surface area contributed by atoms with Crippen LogP contribution in [0.1, 0.15) is 55.6 Å². The average Bonchev–Trinajstić information content (AvgIpc) is 2.74. The SMILES string of the molecule is Cc1ccc(C2CC2(N)CC2CCCC2)cc1. The summed E-state index contributed by atoms with van der Waals surface area (Å²) in [6, 6.07) is 8.96. The minimum absolute atomic E-state index is 0.129. The average molecular weight is 229 g/mol. The molecule has 1 nitrogen and oxygen atoms in total. The van der Waals surface area contributed by atoms with Gasteiger partial charge in [0.15, 0.2) is 0 Å². The zero-order valence-corrected chi connectivity index (χ0v) is 10.8. The van der Waals surface area contributed by atoms with Crippen LogP contribution in [0.5, 0.6) is 0 Å². The Balaban J connectivity index is 1.65. The Bertz CT molecular complexity index is 388. The highest BCUT2D eigenvalue weighted by Crippen LogP contribution is 2.54. The number of nitrogens with two attached hydrogens (primary N) is 1. The van der Waals surface area contributed by atoms with Gasteiger partial charge in [0, 0.05) is 11.5 Å². The molecule has 2 aliphatic carbocycles. The lowest BCUT2D eigenvalue weighted by molar-refractivity contribution is 0.424. The van der Waals surface area contributed by atoms with E-state index < -0.39 is 0 Å². The van der Waals surface area contributed by atoms with Crippen molar-refractivity contribution in [1.82, 2.24) is 0 Å². The molecule has 0 radical (unpaired) electrons. The highest BCUT2D eigenvalue weighted by atomic mass is 14.9. The lowest BCUT2D eigenvalue weighted by atomic mass is 9.94. The molecule has 0 heterocycles. The largest absolute Gasteiger partial charge is 0.325 e. The lowest BCUT2D eigenvalue weighted by Gasteiger charge is -2.16. The summed E-state index contributed by atoms with van der Waals surface area (Å²) in [4.78, 5) is 0. The Morgan fingerprint density at radius 1 is 1.18 bits per heavy atom. The molecule has 0 bridgehead atoms. The second-order valence-corrected chi connectivity index (χ2v) is 6.26. The van der Waals surface area contributed by atoms with E-state index in [4.69, 9.17) is 5.73 Å². The molecule has 2 aliphatic rings. The summed E-state index contributed by atoms with van der Waals surface area (Å²) in [5.41, 5.74) is 9.47. The van der Waals surface area contributed by atoms with E-state index in [2.05, 4.69) is 31.2 Å². The molecular formula is C16H23N. The van der Waals surface area contributed by atoms with Gasteiger partial charge in [-0.1, -0.05) is 55.5 Å². The Morgan fingerprint density at radius 2 is 1.82 bits per heavy atom. The third-order valence-corrected chi connectivity index (χ3v) is 4.74. The first-order chi connectivity index (χ1) is 8.17. The van der Waals surface area contributed by atoms with Crippen molar-refractivity contribution >= 4 is 0 Å². The van der Waals surface area contributed by atoms with E-state index in [1.807, 2.05) is 0 Å². The zero-order valence-electron chi connectivity index (χ0n) is 10.8. The van der Waals surface area contributed by atoms with Gasteiger partial charge in [-0.25, -0.2) is 0 Å². The topological polar surface area (TPSA) is 26.0 Å². The van der Waals surface area contributed by atoms with Crippen LogP contribution in [0.25, 0.3) is 0 Å². The molecule has 1 aromatic rings. The fourth-order valence-electron chi connectivity index (χ4n) is 3.55. The van der Waals surface area contributed by atoms with Gasteiger partial charge in [0.05, 0.1) is 0 Å². The van der Waals surface area contributed by atoms with Gasteiger partial charge in [0.1, 0.15) is 0 Å². The molecule has 17 heavy (non-hydrogen) atoms. The molecule has 0 spiro atoms.